The number of likely N-dealkylation sites (tertiary alicyclic amines) is 1. The summed E-state index contributed by atoms with van der Waals surface area (Å²) in [6.45, 7) is 3.33. The summed E-state index contributed by atoms with van der Waals surface area (Å²) in [6, 6.07) is 8.39. The van der Waals surface area contributed by atoms with Crippen molar-refractivity contribution in [3.63, 3.8) is 0 Å². The van der Waals surface area contributed by atoms with Gasteiger partial charge in [0.15, 0.2) is 5.78 Å². The van der Waals surface area contributed by atoms with Gasteiger partial charge in [0, 0.05) is 49.5 Å². The minimum atomic E-state index is -1.40. The number of imidazole rings is 1. The van der Waals surface area contributed by atoms with Crippen molar-refractivity contribution in [3.8, 4) is 0 Å². The number of rotatable bonds is 2. The molecule has 0 spiro atoms. The van der Waals surface area contributed by atoms with E-state index in [0.717, 1.165) is 16.9 Å². The average Bonchev–Trinajstić information content (AvgIpc) is 3.56. The van der Waals surface area contributed by atoms with Gasteiger partial charge in [-0.05, 0) is 49.6 Å². The number of amides is 2. The normalized spacial score (nSPS) is 21.7. The second-order valence-corrected chi connectivity index (χ2v) is 10.9. The highest BCUT2D eigenvalue weighted by Crippen LogP contribution is 2.38. The molecule has 1 fully saturated rings. The Morgan fingerprint density at radius 3 is 2.87 bits per heavy atom. The first-order valence-electron chi connectivity index (χ1n) is 13.3. The molecule has 3 aromatic heterocycles. The van der Waals surface area contributed by atoms with E-state index < -0.39 is 11.5 Å². The van der Waals surface area contributed by atoms with Gasteiger partial charge in [-0.25, -0.2) is 18.6 Å². The first-order valence-corrected chi connectivity index (χ1v) is 13.3. The van der Waals surface area contributed by atoms with Crippen LogP contribution in [0.1, 0.15) is 36.6 Å². The van der Waals surface area contributed by atoms with Gasteiger partial charge in [0.05, 0.1) is 41.8 Å². The number of nitrogens with zero attached hydrogens (tertiary/aromatic N) is 5. The van der Waals surface area contributed by atoms with Gasteiger partial charge in [0.2, 0.25) is 0 Å². The van der Waals surface area contributed by atoms with Gasteiger partial charge in [-0.3, -0.25) is 9.20 Å². The van der Waals surface area contributed by atoms with E-state index in [1.54, 1.807) is 16.0 Å². The number of aromatic nitrogens is 3. The van der Waals surface area contributed by atoms with Crippen molar-refractivity contribution in [2.24, 2.45) is 0 Å². The number of carbonyl (C=O) groups is 2. The van der Waals surface area contributed by atoms with Crippen molar-refractivity contribution < 1.29 is 18.4 Å². The summed E-state index contributed by atoms with van der Waals surface area (Å²) in [5, 5.41) is 3.87. The maximum Gasteiger partial charge on any atom is 0.320 e. The topological polar surface area (TPSA) is 74.9 Å². The zero-order chi connectivity index (χ0) is 26.9. The van der Waals surface area contributed by atoms with Crippen LogP contribution in [0.3, 0.4) is 0 Å². The van der Waals surface area contributed by atoms with E-state index in [-0.39, 0.29) is 31.4 Å². The number of nitrogens with one attached hydrogen (secondary N) is 1. The molecule has 0 aliphatic carbocycles. The number of piperidine rings is 1. The molecule has 3 aliphatic heterocycles. The summed E-state index contributed by atoms with van der Waals surface area (Å²) in [5.74, 6) is -0.510. The predicted octanol–water partition coefficient (Wildman–Crippen LogP) is 4.23. The Balaban J connectivity index is 1.31. The molecule has 1 unspecified atom stereocenters. The number of hydrogen-bond acceptors (Lipinski definition) is 4. The highest BCUT2D eigenvalue weighted by molar-refractivity contribution is 6.33. The van der Waals surface area contributed by atoms with Crippen molar-refractivity contribution in [1.29, 1.82) is 0 Å². The Labute approximate surface area is 223 Å². The zero-order valence-electron chi connectivity index (χ0n) is 21.6. The van der Waals surface area contributed by atoms with E-state index in [0.29, 0.717) is 60.3 Å². The van der Waals surface area contributed by atoms with E-state index in [2.05, 4.69) is 10.3 Å². The summed E-state index contributed by atoms with van der Waals surface area (Å²) in [4.78, 5) is 34.3. The lowest BCUT2D eigenvalue weighted by Crippen LogP contribution is -2.51. The highest BCUT2D eigenvalue weighted by Gasteiger charge is 2.36. The van der Waals surface area contributed by atoms with Crippen molar-refractivity contribution in [1.82, 2.24) is 29.1 Å². The number of carbonyl (C=O) groups excluding carboxylic acids is 2. The number of halogens is 2. The van der Waals surface area contributed by atoms with Crippen LogP contribution < -0.4 is 5.32 Å². The van der Waals surface area contributed by atoms with Gasteiger partial charge in [-0.2, -0.15) is 0 Å². The molecular formula is C29H28F2N6O2. The molecule has 39 heavy (non-hydrogen) atoms. The number of urea groups is 1. The Hall–Kier alpha value is -4.21. The SMILES string of the molecule is CC1(F)CCCN(C(=O)N2CCn3cc(C4=C(c5cnc6ccccn56)NCC4=O)c4cc(F)cc(c43)C2)C1. The molecule has 6 heterocycles. The third kappa shape index (κ3) is 3.88. The molecule has 4 aromatic rings. The fourth-order valence-electron chi connectivity index (χ4n) is 6.33. The molecule has 0 saturated carbocycles. The molecule has 1 N–H and O–H groups in total. The lowest BCUT2D eigenvalue weighted by Gasteiger charge is -2.38. The molecule has 3 aliphatic rings. The maximum absolute atomic E-state index is 15.1. The average molecular weight is 531 g/mol. The van der Waals surface area contributed by atoms with Gasteiger partial charge in [0.1, 0.15) is 17.1 Å². The molecular weight excluding hydrogens is 502 g/mol. The Kier molecular flexibility index (Phi) is 5.30. The standard InChI is InChI=1S/C29H28F2N6O2/c1-29(31)6-4-7-36(17-29)28(39)35-10-9-34-16-21(20-12-19(30)11-18(15-35)27(20)34)25-23(38)14-33-26(25)22-13-32-24-5-2-3-8-37(22)24/h2-3,5,8,11-13,16,33H,4,6-7,9-10,14-15,17H2,1H3. The van der Waals surface area contributed by atoms with Crippen molar-refractivity contribution in [3.05, 3.63) is 71.6 Å². The molecule has 1 saturated heterocycles. The summed E-state index contributed by atoms with van der Waals surface area (Å²) in [5.41, 5.74) is 3.41. The van der Waals surface area contributed by atoms with Crippen molar-refractivity contribution in [2.45, 2.75) is 38.5 Å². The van der Waals surface area contributed by atoms with Crippen molar-refractivity contribution in [2.75, 3.05) is 26.2 Å². The Morgan fingerprint density at radius 2 is 2.03 bits per heavy atom. The zero-order valence-corrected chi connectivity index (χ0v) is 21.6. The van der Waals surface area contributed by atoms with Gasteiger partial charge in [-0.1, -0.05) is 6.07 Å². The highest BCUT2D eigenvalue weighted by atomic mass is 19.1. The third-order valence-corrected chi connectivity index (χ3v) is 8.07. The molecule has 0 bridgehead atoms. The number of fused-ring (bicyclic) bond motifs is 1. The number of pyridine rings is 1. The smallest absolute Gasteiger partial charge is 0.320 e. The van der Waals surface area contributed by atoms with E-state index in [9.17, 15) is 14.0 Å². The molecule has 8 nitrogen and oxygen atoms in total. The summed E-state index contributed by atoms with van der Waals surface area (Å²) < 4.78 is 33.7. The van der Waals surface area contributed by atoms with Crippen LogP contribution >= 0.6 is 0 Å². The minimum Gasteiger partial charge on any atom is -0.375 e. The molecule has 2 amide bonds. The van der Waals surface area contributed by atoms with Crippen LogP contribution in [0.25, 0.3) is 27.8 Å². The fraction of sp³-hybridized carbons (Fsp3) is 0.345. The molecule has 0 radical (unpaired) electrons. The summed E-state index contributed by atoms with van der Waals surface area (Å²) in [6.07, 6.45) is 6.58. The molecule has 1 atom stereocenters. The molecule has 10 heteroatoms. The number of ketones is 1. The summed E-state index contributed by atoms with van der Waals surface area (Å²) in [7, 11) is 0. The molecule has 7 rings (SSSR count). The number of Topliss-reactive ketones (excluding diaryl/α,β-unsaturated/α-hetero) is 1. The largest absolute Gasteiger partial charge is 0.375 e. The van der Waals surface area contributed by atoms with E-state index >= 15 is 4.39 Å². The van der Waals surface area contributed by atoms with Gasteiger partial charge < -0.3 is 19.7 Å². The second kappa shape index (κ2) is 8.65. The minimum absolute atomic E-state index is 0.0622. The molecule has 200 valence electrons. The van der Waals surface area contributed by atoms with Crippen LogP contribution in [0.2, 0.25) is 0 Å². The lowest BCUT2D eigenvalue weighted by molar-refractivity contribution is -0.112. The van der Waals surface area contributed by atoms with Gasteiger partial charge >= 0.3 is 6.03 Å². The van der Waals surface area contributed by atoms with Crippen LogP contribution in [0, 0.1) is 5.82 Å². The number of alkyl halides is 1. The van der Waals surface area contributed by atoms with E-state index in [1.165, 1.54) is 19.1 Å². The monoisotopic (exact) mass is 530 g/mol. The quantitative estimate of drug-likeness (QED) is 0.421. The third-order valence-electron chi connectivity index (χ3n) is 8.07. The Bertz CT molecular complexity index is 1700. The van der Waals surface area contributed by atoms with Crippen LogP contribution in [-0.2, 0) is 17.9 Å². The van der Waals surface area contributed by atoms with Crippen LogP contribution in [0.5, 0.6) is 0 Å². The molecule has 1 aromatic carbocycles. The second-order valence-electron chi connectivity index (χ2n) is 10.9. The van der Waals surface area contributed by atoms with E-state index in [1.807, 2.05) is 39.6 Å². The maximum atomic E-state index is 15.1. The van der Waals surface area contributed by atoms with Crippen LogP contribution in [0.4, 0.5) is 13.6 Å². The van der Waals surface area contributed by atoms with Crippen LogP contribution in [-0.4, -0.2) is 67.4 Å². The first kappa shape index (κ1) is 23.9. The van der Waals surface area contributed by atoms with Crippen molar-refractivity contribution >= 4 is 39.6 Å². The lowest BCUT2D eigenvalue weighted by atomic mass is 9.97. The van der Waals surface area contributed by atoms with Gasteiger partial charge in [-0.15, -0.1) is 0 Å². The Morgan fingerprint density at radius 1 is 1.15 bits per heavy atom. The summed E-state index contributed by atoms with van der Waals surface area (Å²) >= 11 is 0. The van der Waals surface area contributed by atoms with Gasteiger partial charge in [0.25, 0.3) is 0 Å². The number of hydrogen-bond donors (Lipinski definition) is 1. The number of benzene rings is 1. The first-order chi connectivity index (χ1) is 18.8. The fourth-order valence-corrected chi connectivity index (χ4v) is 6.33. The van der Waals surface area contributed by atoms with Crippen LogP contribution in [0.15, 0.2) is 48.9 Å². The predicted molar refractivity (Wildman–Crippen MR) is 143 cm³/mol. The van der Waals surface area contributed by atoms with E-state index in [4.69, 9.17) is 0 Å².